The zero-order chi connectivity index (χ0) is 29.7. The van der Waals surface area contributed by atoms with Crippen LogP contribution >= 0.6 is 0 Å². The lowest BCUT2D eigenvalue weighted by Gasteiger charge is -2.21. The molecule has 0 spiro atoms. The molecule has 0 unspecified atom stereocenters. The highest BCUT2D eigenvalue weighted by molar-refractivity contribution is 5.94. The Morgan fingerprint density at radius 2 is 1.49 bits per heavy atom. The van der Waals surface area contributed by atoms with E-state index in [0.29, 0.717) is 0 Å². The standard InChI is InChI=1S/C23H39N7O9/c1-11(2)6-16(23(38)39)30-19(34)9-26-20(35)12(3)28-22(37)14(4-5-17(24)32)29-18(33)10-27-21(36)15-7-13(31)8-25-15/h11-16,25,31H,4-10H2,1-3H3,(H2,24,32)(H,26,35)(H,27,36)(H,28,37)(H,29,33)(H,30,34)(H,38,39)/t12-,13+,14-,15-,16-/m0/s1. The highest BCUT2D eigenvalue weighted by atomic mass is 16.4. The van der Waals surface area contributed by atoms with Crippen LogP contribution in [0.5, 0.6) is 0 Å². The molecule has 1 heterocycles. The minimum absolute atomic E-state index is 0.00817. The lowest BCUT2D eigenvalue weighted by Crippen LogP contribution is -2.55. The Morgan fingerprint density at radius 3 is 2.00 bits per heavy atom. The van der Waals surface area contributed by atoms with Crippen molar-refractivity contribution in [3.05, 3.63) is 0 Å². The molecule has 6 amide bonds. The maximum absolute atomic E-state index is 12.7. The maximum atomic E-state index is 12.7. The van der Waals surface area contributed by atoms with Gasteiger partial charge in [0.25, 0.3) is 0 Å². The molecule has 10 N–H and O–H groups in total. The topological polar surface area (TPSA) is 258 Å². The van der Waals surface area contributed by atoms with Crippen molar-refractivity contribution in [3.8, 4) is 0 Å². The van der Waals surface area contributed by atoms with E-state index in [1.807, 2.05) is 0 Å². The highest BCUT2D eigenvalue weighted by Gasteiger charge is 2.29. The molecule has 0 radical (unpaired) electrons. The van der Waals surface area contributed by atoms with Gasteiger partial charge in [-0.05, 0) is 32.1 Å². The summed E-state index contributed by atoms with van der Waals surface area (Å²) in [7, 11) is 0. The average molecular weight is 558 g/mol. The van der Waals surface area contributed by atoms with Gasteiger partial charge in [0.15, 0.2) is 0 Å². The van der Waals surface area contributed by atoms with Crippen molar-refractivity contribution >= 4 is 41.4 Å². The molecule has 0 aliphatic carbocycles. The summed E-state index contributed by atoms with van der Waals surface area (Å²) in [5.41, 5.74) is 5.14. The molecule has 0 bridgehead atoms. The number of carboxylic acid groups (broad SMARTS) is 1. The first-order valence-corrected chi connectivity index (χ1v) is 12.6. The SMILES string of the molecule is CC(C)C[C@H](NC(=O)CNC(=O)[C@H](C)NC(=O)[C@H](CCC(N)=O)NC(=O)CNC(=O)[C@@H]1C[C@@H](O)CN1)C(=O)O. The lowest BCUT2D eigenvalue weighted by atomic mass is 10.0. The Labute approximate surface area is 225 Å². The lowest BCUT2D eigenvalue weighted by molar-refractivity contribution is -0.142. The predicted molar refractivity (Wildman–Crippen MR) is 135 cm³/mol. The molecule has 0 aromatic heterocycles. The fourth-order valence-corrected chi connectivity index (χ4v) is 3.65. The molecule has 0 aromatic carbocycles. The molecule has 1 saturated heterocycles. The van der Waals surface area contributed by atoms with Crippen LogP contribution in [0.4, 0.5) is 0 Å². The monoisotopic (exact) mass is 557 g/mol. The third-order valence-corrected chi connectivity index (χ3v) is 5.69. The summed E-state index contributed by atoms with van der Waals surface area (Å²) in [5.74, 6) is -5.47. The molecule has 5 atom stereocenters. The first kappa shape index (κ1) is 33.2. The second-order valence-electron chi connectivity index (χ2n) is 9.73. The van der Waals surface area contributed by atoms with Gasteiger partial charge < -0.3 is 47.8 Å². The summed E-state index contributed by atoms with van der Waals surface area (Å²) in [6.07, 6.45) is -0.714. The molecule has 1 rings (SSSR count). The molecule has 39 heavy (non-hydrogen) atoms. The molecular weight excluding hydrogens is 518 g/mol. The zero-order valence-corrected chi connectivity index (χ0v) is 22.2. The van der Waals surface area contributed by atoms with Crippen LogP contribution in [-0.2, 0) is 33.6 Å². The zero-order valence-electron chi connectivity index (χ0n) is 22.2. The minimum atomic E-state index is -1.26. The Morgan fingerprint density at radius 1 is 0.897 bits per heavy atom. The predicted octanol–water partition coefficient (Wildman–Crippen LogP) is -4.19. The maximum Gasteiger partial charge on any atom is 0.326 e. The van der Waals surface area contributed by atoms with E-state index in [1.165, 1.54) is 6.92 Å². The summed E-state index contributed by atoms with van der Waals surface area (Å²) >= 11 is 0. The number of hydrogen-bond acceptors (Lipinski definition) is 9. The van der Waals surface area contributed by atoms with Crippen LogP contribution < -0.4 is 37.6 Å². The summed E-state index contributed by atoms with van der Waals surface area (Å²) in [6, 6.07) is -4.21. The van der Waals surface area contributed by atoms with Gasteiger partial charge >= 0.3 is 5.97 Å². The van der Waals surface area contributed by atoms with E-state index in [2.05, 4.69) is 31.9 Å². The number of aliphatic hydroxyl groups excluding tert-OH is 1. The van der Waals surface area contributed by atoms with Crippen LogP contribution in [0.15, 0.2) is 0 Å². The van der Waals surface area contributed by atoms with Gasteiger partial charge in [0.2, 0.25) is 35.4 Å². The van der Waals surface area contributed by atoms with E-state index in [4.69, 9.17) is 5.73 Å². The van der Waals surface area contributed by atoms with Crippen LogP contribution in [0, 0.1) is 5.92 Å². The second-order valence-corrected chi connectivity index (χ2v) is 9.73. The normalized spacial score (nSPS) is 18.8. The molecule has 1 aliphatic heterocycles. The number of β-amino-alcohol motifs (C(OH)–C–C–N with tert-alkyl or cyclic N) is 1. The van der Waals surface area contributed by atoms with Gasteiger partial charge in [-0.15, -0.1) is 0 Å². The quantitative estimate of drug-likeness (QED) is 0.0884. The number of aliphatic hydroxyl groups is 1. The van der Waals surface area contributed by atoms with Gasteiger partial charge in [-0.1, -0.05) is 13.8 Å². The van der Waals surface area contributed by atoms with Crippen LogP contribution in [0.2, 0.25) is 0 Å². The van der Waals surface area contributed by atoms with Crippen molar-refractivity contribution in [1.29, 1.82) is 0 Å². The fraction of sp³-hybridized carbons (Fsp3) is 0.696. The molecule has 1 aliphatic rings. The largest absolute Gasteiger partial charge is 0.480 e. The van der Waals surface area contributed by atoms with Crippen molar-refractivity contribution in [3.63, 3.8) is 0 Å². The van der Waals surface area contributed by atoms with Crippen molar-refractivity contribution < 1.29 is 43.8 Å². The summed E-state index contributed by atoms with van der Waals surface area (Å²) in [4.78, 5) is 84.1. The smallest absolute Gasteiger partial charge is 0.326 e. The van der Waals surface area contributed by atoms with Crippen molar-refractivity contribution in [2.45, 2.75) is 76.7 Å². The number of rotatable bonds is 16. The first-order valence-electron chi connectivity index (χ1n) is 12.6. The summed E-state index contributed by atoms with van der Waals surface area (Å²) < 4.78 is 0. The summed E-state index contributed by atoms with van der Waals surface area (Å²) in [6.45, 7) is 4.14. The second kappa shape index (κ2) is 16.2. The summed E-state index contributed by atoms with van der Waals surface area (Å²) in [5, 5.41) is 33.2. The van der Waals surface area contributed by atoms with Crippen LogP contribution in [0.25, 0.3) is 0 Å². The first-order chi connectivity index (χ1) is 18.2. The van der Waals surface area contributed by atoms with Gasteiger partial charge in [-0.2, -0.15) is 0 Å². The molecule has 0 aromatic rings. The third kappa shape index (κ3) is 13.0. The van der Waals surface area contributed by atoms with Crippen LogP contribution in [0.1, 0.15) is 46.5 Å². The number of aliphatic carboxylic acids is 1. The number of primary amides is 1. The Kier molecular flexibility index (Phi) is 13.8. The molecule has 16 heteroatoms. The van der Waals surface area contributed by atoms with Crippen LogP contribution in [-0.4, -0.2) is 102 Å². The van der Waals surface area contributed by atoms with Crippen molar-refractivity contribution in [1.82, 2.24) is 31.9 Å². The van der Waals surface area contributed by atoms with Crippen molar-refractivity contribution in [2.75, 3.05) is 19.6 Å². The number of amides is 6. The Bertz CT molecular complexity index is 928. The van der Waals surface area contributed by atoms with E-state index in [0.717, 1.165) is 0 Å². The number of nitrogens with two attached hydrogens (primary N) is 1. The number of hydrogen-bond donors (Lipinski definition) is 9. The van der Waals surface area contributed by atoms with E-state index in [-0.39, 0.29) is 38.1 Å². The van der Waals surface area contributed by atoms with Crippen molar-refractivity contribution in [2.24, 2.45) is 11.7 Å². The fourth-order valence-electron chi connectivity index (χ4n) is 3.65. The number of carboxylic acids is 1. The van der Waals surface area contributed by atoms with Gasteiger partial charge in [-0.3, -0.25) is 28.8 Å². The van der Waals surface area contributed by atoms with E-state index >= 15 is 0 Å². The van der Waals surface area contributed by atoms with E-state index in [1.54, 1.807) is 13.8 Å². The third-order valence-electron chi connectivity index (χ3n) is 5.69. The Hall–Kier alpha value is -3.79. The Balaban J connectivity index is 2.60. The average Bonchev–Trinajstić information content (AvgIpc) is 3.28. The molecular formula is C23H39N7O9. The van der Waals surface area contributed by atoms with E-state index < -0.39 is 84.8 Å². The van der Waals surface area contributed by atoms with E-state index in [9.17, 15) is 43.8 Å². The highest BCUT2D eigenvalue weighted by Crippen LogP contribution is 2.06. The molecule has 0 saturated carbocycles. The van der Waals surface area contributed by atoms with Gasteiger partial charge in [-0.25, -0.2) is 4.79 Å². The van der Waals surface area contributed by atoms with Crippen LogP contribution in [0.3, 0.4) is 0 Å². The van der Waals surface area contributed by atoms with Gasteiger partial charge in [0.05, 0.1) is 25.2 Å². The molecule has 16 nitrogen and oxygen atoms in total. The minimum Gasteiger partial charge on any atom is -0.480 e. The van der Waals surface area contributed by atoms with Gasteiger partial charge in [0.1, 0.15) is 18.1 Å². The number of carbonyl (C=O) groups excluding carboxylic acids is 6. The van der Waals surface area contributed by atoms with Gasteiger partial charge in [0, 0.05) is 13.0 Å². The number of nitrogens with one attached hydrogen (secondary N) is 6. The number of carbonyl (C=O) groups is 7. The molecule has 1 fully saturated rings. The molecule has 220 valence electrons.